The van der Waals surface area contributed by atoms with Crippen LogP contribution in [0.5, 0.6) is 0 Å². The maximum atomic E-state index is 15.0. The number of rotatable bonds is 7. The molecule has 1 saturated heterocycles. The summed E-state index contributed by atoms with van der Waals surface area (Å²) in [5, 5.41) is -1.32. The summed E-state index contributed by atoms with van der Waals surface area (Å²) in [6.45, 7) is 0. The molecule has 1 amide bonds. The van der Waals surface area contributed by atoms with Crippen LogP contribution < -0.4 is 9.44 Å². The third kappa shape index (κ3) is 4.74. The van der Waals surface area contributed by atoms with Crippen molar-refractivity contribution in [3.8, 4) is 0 Å². The minimum absolute atomic E-state index is 0.0255. The van der Waals surface area contributed by atoms with Gasteiger partial charge in [-0.3, -0.25) is 9.52 Å². The largest absolute Gasteiger partial charge is 0.341 e. The highest BCUT2D eigenvalue weighted by atomic mass is 32.2. The molecule has 1 aliphatic heterocycles. The van der Waals surface area contributed by atoms with Gasteiger partial charge in [-0.25, -0.2) is 30.9 Å². The van der Waals surface area contributed by atoms with Crippen LogP contribution in [0.1, 0.15) is 34.7 Å². The minimum atomic E-state index is -4.01. The van der Waals surface area contributed by atoms with Gasteiger partial charge in [0.05, 0.1) is 28.4 Å². The predicted molar refractivity (Wildman–Crippen MR) is 130 cm³/mol. The van der Waals surface area contributed by atoms with Gasteiger partial charge in [0, 0.05) is 5.56 Å². The highest BCUT2D eigenvalue weighted by Gasteiger charge is 2.39. The number of sulfonamides is 2. The van der Waals surface area contributed by atoms with Crippen molar-refractivity contribution in [2.75, 3.05) is 0 Å². The summed E-state index contributed by atoms with van der Waals surface area (Å²) in [5.74, 6) is -1.15. The molecule has 9 nitrogen and oxygen atoms in total. The molecule has 3 N–H and O–H groups in total. The fraction of sp³-hybridized carbons (Fsp3) is 0.167. The van der Waals surface area contributed by atoms with Gasteiger partial charge in [-0.2, -0.15) is 0 Å². The van der Waals surface area contributed by atoms with Crippen LogP contribution in [-0.2, 0) is 31.3 Å². The number of halogens is 1. The molecule has 1 aromatic heterocycles. The van der Waals surface area contributed by atoms with Crippen LogP contribution in [0.3, 0.4) is 0 Å². The van der Waals surface area contributed by atoms with E-state index in [0.717, 1.165) is 6.07 Å². The lowest BCUT2D eigenvalue weighted by molar-refractivity contribution is -0.118. The number of carbonyl (C=O) groups is 1. The Kier molecular flexibility index (Phi) is 6.10. The third-order valence-corrected chi connectivity index (χ3v) is 9.11. The summed E-state index contributed by atoms with van der Waals surface area (Å²) in [4.78, 5) is 19.3. The summed E-state index contributed by atoms with van der Waals surface area (Å²) in [6.07, 6.45) is -0.339. The van der Waals surface area contributed by atoms with E-state index in [2.05, 4.69) is 14.7 Å². The average Bonchev–Trinajstić information content (AvgIpc) is 3.38. The van der Waals surface area contributed by atoms with E-state index in [4.69, 9.17) is 0 Å². The van der Waals surface area contributed by atoms with E-state index in [1.807, 2.05) is 10.8 Å². The van der Waals surface area contributed by atoms with E-state index in [0.29, 0.717) is 22.4 Å². The maximum absolute atomic E-state index is 15.0. The van der Waals surface area contributed by atoms with Crippen molar-refractivity contribution in [3.63, 3.8) is 0 Å². The number of nitrogens with one attached hydrogen (secondary N) is 3. The monoisotopic (exact) mass is 528 g/mol. The van der Waals surface area contributed by atoms with Crippen LogP contribution >= 0.6 is 0 Å². The van der Waals surface area contributed by atoms with Crippen molar-refractivity contribution in [1.29, 1.82) is 0 Å². The molecule has 2 heterocycles. The number of H-pyrrole nitrogens is 1. The van der Waals surface area contributed by atoms with Crippen molar-refractivity contribution in [2.45, 2.75) is 29.0 Å². The first-order valence-electron chi connectivity index (χ1n) is 11.0. The second-order valence-corrected chi connectivity index (χ2v) is 12.0. The Morgan fingerprint density at radius 1 is 1.06 bits per heavy atom. The first kappa shape index (κ1) is 24.1. The number of hydrogen-bond donors (Lipinski definition) is 3. The lowest BCUT2D eigenvalue weighted by Gasteiger charge is -2.18. The Bertz CT molecular complexity index is 1640. The molecular formula is C24H21FN4O5S2. The topological polar surface area (TPSA) is 138 Å². The van der Waals surface area contributed by atoms with Gasteiger partial charge in [-0.1, -0.05) is 42.5 Å². The van der Waals surface area contributed by atoms with Crippen molar-refractivity contribution in [2.24, 2.45) is 0 Å². The standard InChI is InChI=1S/C24H21FN4O5S2/c25-18-12-15(10-11-17(18)22-14-23(30)29-36(22,33)34)13-21(24-26-19-8-4-5-9-20(19)27-24)28-35(31,32)16-6-2-1-3-7-16/h1-12,21-22,28H,13-14H2,(H,26,27)(H,29,30)/t21-,22?/m0/s1. The molecule has 1 unspecified atom stereocenters. The summed E-state index contributed by atoms with van der Waals surface area (Å²) in [7, 11) is -7.95. The first-order valence-corrected chi connectivity index (χ1v) is 14.0. The van der Waals surface area contributed by atoms with Gasteiger partial charge < -0.3 is 4.98 Å². The predicted octanol–water partition coefficient (Wildman–Crippen LogP) is 2.86. The molecule has 186 valence electrons. The van der Waals surface area contributed by atoms with Crippen LogP contribution in [0.25, 0.3) is 11.0 Å². The SMILES string of the molecule is O=C1CC(c2ccc(C[C@H](NS(=O)(=O)c3ccccc3)c3nc4ccccc4[nH]3)cc2F)S(=O)(=O)N1. The fourth-order valence-corrected chi connectivity index (χ4v) is 6.87. The average molecular weight is 529 g/mol. The molecule has 12 heteroatoms. The molecule has 2 atom stereocenters. The molecule has 3 aromatic carbocycles. The number of aromatic nitrogens is 2. The van der Waals surface area contributed by atoms with E-state index in [1.54, 1.807) is 36.4 Å². The van der Waals surface area contributed by atoms with Gasteiger partial charge >= 0.3 is 0 Å². The highest BCUT2D eigenvalue weighted by Crippen LogP contribution is 2.33. The van der Waals surface area contributed by atoms with Crippen molar-refractivity contribution in [3.05, 3.63) is 95.6 Å². The van der Waals surface area contributed by atoms with Gasteiger partial charge in [-0.15, -0.1) is 0 Å². The molecule has 0 aliphatic carbocycles. The Hall–Kier alpha value is -3.61. The summed E-state index contributed by atoms with van der Waals surface area (Å²) >= 11 is 0. The Morgan fingerprint density at radius 2 is 1.78 bits per heavy atom. The molecule has 1 fully saturated rings. The lowest BCUT2D eigenvalue weighted by Crippen LogP contribution is -2.31. The van der Waals surface area contributed by atoms with E-state index in [-0.39, 0.29) is 23.3 Å². The van der Waals surface area contributed by atoms with Crippen LogP contribution in [0, 0.1) is 5.82 Å². The number of amides is 1. The summed E-state index contributed by atoms with van der Waals surface area (Å²) in [5.41, 5.74) is 1.64. The summed E-state index contributed by atoms with van der Waals surface area (Å²) < 4.78 is 70.0. The zero-order valence-corrected chi connectivity index (χ0v) is 20.3. The molecular weight excluding hydrogens is 507 g/mol. The van der Waals surface area contributed by atoms with Crippen LogP contribution in [0.4, 0.5) is 4.39 Å². The smallest absolute Gasteiger partial charge is 0.242 e. The second kappa shape index (κ2) is 9.12. The molecule has 1 aliphatic rings. The van der Waals surface area contributed by atoms with Gasteiger partial charge in [0.2, 0.25) is 26.0 Å². The molecule has 0 saturated carbocycles. The number of aromatic amines is 1. The van der Waals surface area contributed by atoms with E-state index in [1.165, 1.54) is 24.3 Å². The number of imidazole rings is 1. The Morgan fingerprint density at radius 3 is 2.44 bits per heavy atom. The molecule has 4 aromatic rings. The highest BCUT2D eigenvalue weighted by molar-refractivity contribution is 7.90. The van der Waals surface area contributed by atoms with Gasteiger partial charge in [0.1, 0.15) is 16.9 Å². The van der Waals surface area contributed by atoms with Crippen LogP contribution in [-0.4, -0.2) is 32.7 Å². The second-order valence-electron chi connectivity index (χ2n) is 8.45. The van der Waals surface area contributed by atoms with Gasteiger partial charge in [0.15, 0.2) is 0 Å². The Balaban J connectivity index is 1.49. The fourth-order valence-electron chi connectivity index (χ4n) is 4.21. The minimum Gasteiger partial charge on any atom is -0.341 e. The third-order valence-electron chi connectivity index (χ3n) is 5.94. The molecule has 5 rings (SSSR count). The molecule has 0 radical (unpaired) electrons. The van der Waals surface area contributed by atoms with Crippen molar-refractivity contribution >= 4 is 37.0 Å². The first-order chi connectivity index (χ1) is 17.1. The summed E-state index contributed by atoms with van der Waals surface area (Å²) in [6, 6.07) is 18.2. The van der Waals surface area contributed by atoms with Crippen molar-refractivity contribution < 1.29 is 26.0 Å². The molecule has 0 bridgehead atoms. The van der Waals surface area contributed by atoms with E-state index >= 15 is 4.39 Å². The molecule has 0 spiro atoms. The number of hydrogen-bond acceptors (Lipinski definition) is 6. The van der Waals surface area contributed by atoms with Gasteiger partial charge in [-0.05, 0) is 42.3 Å². The van der Waals surface area contributed by atoms with Gasteiger partial charge in [0.25, 0.3) is 0 Å². The molecule has 36 heavy (non-hydrogen) atoms. The zero-order valence-electron chi connectivity index (χ0n) is 18.7. The normalized spacial score (nSPS) is 18.2. The number of fused-ring (bicyclic) bond motifs is 1. The van der Waals surface area contributed by atoms with Crippen LogP contribution in [0.15, 0.2) is 77.7 Å². The van der Waals surface area contributed by atoms with E-state index in [9.17, 15) is 21.6 Å². The number of carbonyl (C=O) groups excluding carboxylic acids is 1. The lowest BCUT2D eigenvalue weighted by atomic mass is 10.0. The number of benzene rings is 3. The Labute approximate surface area is 206 Å². The van der Waals surface area contributed by atoms with E-state index < -0.39 is 43.1 Å². The number of nitrogens with zero attached hydrogens (tertiary/aromatic N) is 1. The number of para-hydroxylation sites is 2. The maximum Gasteiger partial charge on any atom is 0.242 e. The van der Waals surface area contributed by atoms with Crippen molar-refractivity contribution in [1.82, 2.24) is 19.4 Å². The quantitative estimate of drug-likeness (QED) is 0.337. The zero-order chi connectivity index (χ0) is 25.5. The van der Waals surface area contributed by atoms with Crippen LogP contribution in [0.2, 0.25) is 0 Å².